The van der Waals surface area contributed by atoms with E-state index in [1.165, 1.54) is 24.3 Å². The third kappa shape index (κ3) is 3.10. The first-order chi connectivity index (χ1) is 16.4. The number of halogens is 2. The molecule has 2 aromatic carbocycles. The molecule has 5 nitrogen and oxygen atoms in total. The molecule has 7 heteroatoms. The van der Waals surface area contributed by atoms with E-state index in [1.54, 1.807) is 19.3 Å². The van der Waals surface area contributed by atoms with Gasteiger partial charge < -0.3 is 15.3 Å². The highest BCUT2D eigenvalue weighted by molar-refractivity contribution is 6.03. The molecule has 2 aromatic heterocycles. The van der Waals surface area contributed by atoms with Crippen LogP contribution in [0.3, 0.4) is 0 Å². The number of aromatic nitrogens is 2. The number of fused-ring (bicyclic) bond motifs is 4. The van der Waals surface area contributed by atoms with E-state index in [1.807, 2.05) is 0 Å². The summed E-state index contributed by atoms with van der Waals surface area (Å²) in [7, 11) is 0. The molecule has 2 bridgehead atoms. The Kier molecular flexibility index (Phi) is 4.68. The first kappa shape index (κ1) is 20.8. The lowest BCUT2D eigenvalue weighted by atomic mass is 9.95. The largest absolute Gasteiger partial charge is 0.508 e. The summed E-state index contributed by atoms with van der Waals surface area (Å²) in [4.78, 5) is 11.3. The minimum absolute atomic E-state index is 0.0103. The number of pyridine rings is 2. The Morgan fingerprint density at radius 3 is 2.59 bits per heavy atom. The summed E-state index contributed by atoms with van der Waals surface area (Å²) >= 11 is 0. The van der Waals surface area contributed by atoms with Gasteiger partial charge in [0.1, 0.15) is 23.1 Å². The number of rotatable bonds is 2. The topological polar surface area (TPSA) is 61.3 Å². The third-order valence-corrected chi connectivity index (χ3v) is 7.00. The average molecular weight is 456 g/mol. The molecule has 2 aliphatic rings. The molecule has 0 spiro atoms. The van der Waals surface area contributed by atoms with Crippen molar-refractivity contribution >= 4 is 27.4 Å². The zero-order valence-corrected chi connectivity index (χ0v) is 18.6. The fourth-order valence-electron chi connectivity index (χ4n) is 5.50. The lowest BCUT2D eigenvalue weighted by molar-refractivity contribution is 0.464. The van der Waals surface area contributed by atoms with Gasteiger partial charge in [0.15, 0.2) is 5.82 Å². The van der Waals surface area contributed by atoms with Crippen molar-refractivity contribution in [3.8, 4) is 29.4 Å². The SMILES string of the molecule is C#Cc1c(F)ccc2cc(O)cc(-c3ncc4c(N5CC6CCC(C5)N6)ncc(C)c4c3F)c12. The second-order valence-corrected chi connectivity index (χ2v) is 9.18. The van der Waals surface area contributed by atoms with Crippen LogP contribution < -0.4 is 10.2 Å². The van der Waals surface area contributed by atoms with Crippen molar-refractivity contribution < 1.29 is 13.9 Å². The second-order valence-electron chi connectivity index (χ2n) is 9.18. The molecule has 2 saturated heterocycles. The van der Waals surface area contributed by atoms with Crippen LogP contribution in [0.1, 0.15) is 24.0 Å². The van der Waals surface area contributed by atoms with Crippen LogP contribution >= 0.6 is 0 Å². The molecule has 0 amide bonds. The third-order valence-electron chi connectivity index (χ3n) is 7.00. The van der Waals surface area contributed by atoms with Gasteiger partial charge in [-0.15, -0.1) is 6.42 Å². The van der Waals surface area contributed by atoms with Crippen LogP contribution in [0.5, 0.6) is 5.75 Å². The van der Waals surface area contributed by atoms with Gasteiger partial charge in [0, 0.05) is 59.3 Å². The first-order valence-corrected chi connectivity index (χ1v) is 11.3. The smallest absolute Gasteiger partial charge is 0.157 e. The Labute approximate surface area is 195 Å². The molecule has 34 heavy (non-hydrogen) atoms. The standard InChI is InChI=1S/C27H22F2N4O/c1-3-19-22(28)7-4-15-8-18(34)9-20(24(15)19)26-25(29)23-14(2)10-31-27(21(23)11-30-26)33-12-16-5-6-17(13-33)32-16/h1,4,7-11,16-17,32,34H,5-6,12-13H2,2H3. The van der Waals surface area contributed by atoms with E-state index in [0.29, 0.717) is 45.0 Å². The van der Waals surface area contributed by atoms with Crippen molar-refractivity contribution in [3.63, 3.8) is 0 Å². The molecule has 0 aliphatic carbocycles. The summed E-state index contributed by atoms with van der Waals surface area (Å²) < 4.78 is 30.7. The van der Waals surface area contributed by atoms with Crippen molar-refractivity contribution in [1.29, 1.82) is 0 Å². The highest BCUT2D eigenvalue weighted by Gasteiger charge is 2.33. The highest BCUT2D eigenvalue weighted by atomic mass is 19.1. The molecular formula is C27H22F2N4O. The van der Waals surface area contributed by atoms with Crippen LogP contribution in [0.2, 0.25) is 0 Å². The lowest BCUT2D eigenvalue weighted by Crippen LogP contribution is -2.51. The van der Waals surface area contributed by atoms with E-state index in [9.17, 15) is 9.50 Å². The Bertz CT molecular complexity index is 1520. The van der Waals surface area contributed by atoms with Gasteiger partial charge in [-0.25, -0.2) is 13.8 Å². The predicted molar refractivity (Wildman–Crippen MR) is 129 cm³/mol. The molecule has 4 heterocycles. The Morgan fingerprint density at radius 2 is 1.85 bits per heavy atom. The van der Waals surface area contributed by atoms with Crippen LogP contribution in [0.15, 0.2) is 36.7 Å². The number of nitrogens with one attached hydrogen (secondary N) is 1. The number of phenols is 1. The van der Waals surface area contributed by atoms with Gasteiger partial charge in [0.05, 0.1) is 5.56 Å². The maximum absolute atomic E-state index is 16.2. The fourth-order valence-corrected chi connectivity index (χ4v) is 5.50. The molecule has 6 rings (SSSR count). The number of hydrogen-bond donors (Lipinski definition) is 2. The van der Waals surface area contributed by atoms with Crippen LogP contribution in [-0.2, 0) is 0 Å². The molecule has 2 aliphatic heterocycles. The monoisotopic (exact) mass is 456 g/mol. The zero-order valence-electron chi connectivity index (χ0n) is 18.6. The molecular weight excluding hydrogens is 434 g/mol. The minimum atomic E-state index is -0.584. The number of aromatic hydroxyl groups is 1. The fraction of sp³-hybridized carbons (Fsp3) is 0.259. The average Bonchev–Trinajstić information content (AvgIpc) is 3.16. The maximum atomic E-state index is 16.2. The molecule has 0 radical (unpaired) electrons. The van der Waals surface area contributed by atoms with Gasteiger partial charge in [-0.1, -0.05) is 12.0 Å². The van der Waals surface area contributed by atoms with E-state index < -0.39 is 11.6 Å². The summed E-state index contributed by atoms with van der Waals surface area (Å²) in [6.45, 7) is 3.43. The minimum Gasteiger partial charge on any atom is -0.508 e. The Hall–Kier alpha value is -3.76. The van der Waals surface area contributed by atoms with Crippen molar-refractivity contribution in [1.82, 2.24) is 15.3 Å². The van der Waals surface area contributed by atoms with Gasteiger partial charge in [0.2, 0.25) is 0 Å². The number of anilines is 1. The predicted octanol–water partition coefficient (Wildman–Crippen LogP) is 4.66. The van der Waals surface area contributed by atoms with Crippen molar-refractivity contribution in [3.05, 3.63) is 59.4 Å². The van der Waals surface area contributed by atoms with Gasteiger partial charge >= 0.3 is 0 Å². The van der Waals surface area contributed by atoms with E-state index in [0.717, 1.165) is 25.9 Å². The number of nitrogens with zero attached hydrogens (tertiary/aromatic N) is 3. The van der Waals surface area contributed by atoms with E-state index in [-0.39, 0.29) is 22.6 Å². The van der Waals surface area contributed by atoms with Crippen molar-refractivity contribution in [2.45, 2.75) is 31.8 Å². The Balaban J connectivity index is 1.59. The number of terminal acetylenes is 1. The van der Waals surface area contributed by atoms with E-state index in [4.69, 9.17) is 6.42 Å². The molecule has 2 fully saturated rings. The molecule has 2 N–H and O–H groups in total. The van der Waals surface area contributed by atoms with Gasteiger partial charge in [-0.2, -0.15) is 0 Å². The maximum Gasteiger partial charge on any atom is 0.157 e. The molecule has 4 aromatic rings. The quantitative estimate of drug-likeness (QED) is 0.430. The van der Waals surface area contributed by atoms with Crippen molar-refractivity contribution in [2.24, 2.45) is 0 Å². The van der Waals surface area contributed by atoms with E-state index in [2.05, 4.69) is 26.1 Å². The molecule has 2 atom stereocenters. The normalized spacial score (nSPS) is 19.6. The summed E-state index contributed by atoms with van der Waals surface area (Å²) in [6, 6.07) is 6.43. The van der Waals surface area contributed by atoms with Crippen LogP contribution in [-0.4, -0.2) is 40.2 Å². The summed E-state index contributed by atoms with van der Waals surface area (Å²) in [5, 5.41) is 15.8. The number of phenolic OH excluding ortho intramolecular Hbond substituents is 1. The molecule has 0 saturated carbocycles. The number of piperazine rings is 1. The summed E-state index contributed by atoms with van der Waals surface area (Å²) in [5.74, 6) is 1.88. The summed E-state index contributed by atoms with van der Waals surface area (Å²) in [6.07, 6.45) is 11.2. The van der Waals surface area contributed by atoms with Gasteiger partial charge in [-0.05, 0) is 48.9 Å². The van der Waals surface area contributed by atoms with Gasteiger partial charge in [0.25, 0.3) is 0 Å². The van der Waals surface area contributed by atoms with Crippen LogP contribution in [0.25, 0.3) is 32.8 Å². The zero-order chi connectivity index (χ0) is 23.6. The molecule has 2 unspecified atom stereocenters. The molecule has 170 valence electrons. The summed E-state index contributed by atoms with van der Waals surface area (Å²) in [5.41, 5.74) is 0.944. The van der Waals surface area contributed by atoms with Crippen molar-refractivity contribution in [2.75, 3.05) is 18.0 Å². The first-order valence-electron chi connectivity index (χ1n) is 11.3. The van der Waals surface area contributed by atoms with E-state index >= 15 is 4.39 Å². The Morgan fingerprint density at radius 1 is 1.09 bits per heavy atom. The highest BCUT2D eigenvalue weighted by Crippen LogP contribution is 2.39. The number of benzene rings is 2. The number of aryl methyl sites for hydroxylation is 1. The van der Waals surface area contributed by atoms with Gasteiger partial charge in [-0.3, -0.25) is 4.98 Å². The van der Waals surface area contributed by atoms with Crippen LogP contribution in [0.4, 0.5) is 14.6 Å². The lowest BCUT2D eigenvalue weighted by Gasteiger charge is -2.34. The van der Waals surface area contributed by atoms with Crippen LogP contribution in [0, 0.1) is 30.9 Å². The number of hydrogen-bond acceptors (Lipinski definition) is 5. The second kappa shape index (κ2) is 7.64.